The number of amides is 1. The van der Waals surface area contributed by atoms with Crippen molar-refractivity contribution in [2.75, 3.05) is 19.0 Å². The normalized spacial score (nSPS) is 9.67. The fourth-order valence-corrected chi connectivity index (χ4v) is 2.55. The van der Waals surface area contributed by atoms with E-state index in [-0.39, 0.29) is 5.91 Å². The zero-order chi connectivity index (χ0) is 15.2. The van der Waals surface area contributed by atoms with Gasteiger partial charge in [0, 0.05) is 11.3 Å². The average Bonchev–Trinajstić information content (AvgIpc) is 2.96. The maximum absolute atomic E-state index is 12.2. The summed E-state index contributed by atoms with van der Waals surface area (Å²) in [5.74, 6) is 6.20. The number of ether oxygens (including phenoxy) is 1. The monoisotopic (exact) mass is 300 g/mol. The van der Waals surface area contributed by atoms with Gasteiger partial charge in [-0.1, -0.05) is 17.9 Å². The highest BCUT2D eigenvalue weighted by Crippen LogP contribution is 2.25. The molecule has 0 radical (unpaired) electrons. The molecule has 108 valence electrons. The molecule has 3 N–H and O–H groups in total. The van der Waals surface area contributed by atoms with E-state index in [0.717, 1.165) is 11.1 Å². The van der Waals surface area contributed by atoms with Crippen LogP contribution in [-0.4, -0.2) is 19.6 Å². The van der Waals surface area contributed by atoms with E-state index in [0.29, 0.717) is 22.9 Å². The first-order valence-corrected chi connectivity index (χ1v) is 7.26. The van der Waals surface area contributed by atoms with Crippen LogP contribution in [0.1, 0.15) is 20.8 Å². The van der Waals surface area contributed by atoms with Crippen molar-refractivity contribution in [1.82, 2.24) is 0 Å². The molecular formula is C16H16N2O2S. The quantitative estimate of drug-likeness (QED) is 0.856. The predicted octanol–water partition coefficient (Wildman–Crippen LogP) is 2.63. The Morgan fingerprint density at radius 2 is 2.24 bits per heavy atom. The summed E-state index contributed by atoms with van der Waals surface area (Å²) in [6.45, 7) is 2.27. The summed E-state index contributed by atoms with van der Waals surface area (Å²) in [7, 11) is 1.55. The Morgan fingerprint density at radius 3 is 2.95 bits per heavy atom. The van der Waals surface area contributed by atoms with Crippen LogP contribution in [0, 0.1) is 18.8 Å². The molecule has 0 saturated carbocycles. The molecule has 0 fully saturated rings. The fraction of sp³-hybridized carbons (Fsp3) is 0.188. The third-order valence-electron chi connectivity index (χ3n) is 2.88. The van der Waals surface area contributed by atoms with Crippen molar-refractivity contribution in [1.29, 1.82) is 0 Å². The van der Waals surface area contributed by atoms with Crippen molar-refractivity contribution in [3.63, 3.8) is 0 Å². The number of carbonyl (C=O) groups is 1. The van der Waals surface area contributed by atoms with Gasteiger partial charge in [0.15, 0.2) is 0 Å². The van der Waals surface area contributed by atoms with Gasteiger partial charge in [0.25, 0.3) is 5.91 Å². The maximum Gasteiger partial charge on any atom is 0.269 e. The molecule has 2 rings (SSSR count). The molecule has 4 nitrogen and oxygen atoms in total. The van der Waals surface area contributed by atoms with E-state index >= 15 is 0 Å². The van der Waals surface area contributed by atoms with E-state index in [1.165, 1.54) is 11.3 Å². The van der Waals surface area contributed by atoms with Crippen LogP contribution in [0.25, 0.3) is 0 Å². The van der Waals surface area contributed by atoms with Gasteiger partial charge in [0.1, 0.15) is 10.6 Å². The number of rotatable bonds is 3. The van der Waals surface area contributed by atoms with Crippen LogP contribution in [-0.2, 0) is 0 Å². The third-order valence-corrected chi connectivity index (χ3v) is 3.77. The van der Waals surface area contributed by atoms with Crippen LogP contribution in [0.3, 0.4) is 0 Å². The predicted molar refractivity (Wildman–Crippen MR) is 85.9 cm³/mol. The largest absolute Gasteiger partial charge is 0.495 e. The Balaban J connectivity index is 2.22. The van der Waals surface area contributed by atoms with Crippen LogP contribution in [0.15, 0.2) is 29.6 Å². The van der Waals surface area contributed by atoms with Gasteiger partial charge < -0.3 is 15.8 Å². The highest BCUT2D eigenvalue weighted by Gasteiger charge is 2.14. The minimum Gasteiger partial charge on any atom is -0.495 e. The second-order valence-electron chi connectivity index (χ2n) is 4.31. The SMILES string of the molecule is COc1ccsc1C(=O)Nc1ccc(C)c(C#CCN)c1. The zero-order valence-electron chi connectivity index (χ0n) is 11.9. The van der Waals surface area contributed by atoms with Crippen LogP contribution in [0.2, 0.25) is 0 Å². The van der Waals surface area contributed by atoms with Crippen molar-refractivity contribution in [2.24, 2.45) is 5.73 Å². The molecule has 5 heteroatoms. The Kier molecular flexibility index (Phi) is 4.99. The number of nitrogens with one attached hydrogen (secondary N) is 1. The minimum atomic E-state index is -0.191. The molecule has 1 aromatic heterocycles. The molecule has 21 heavy (non-hydrogen) atoms. The molecular weight excluding hydrogens is 284 g/mol. The molecule has 1 aromatic carbocycles. The van der Waals surface area contributed by atoms with Crippen molar-refractivity contribution in [2.45, 2.75) is 6.92 Å². The van der Waals surface area contributed by atoms with Crippen LogP contribution in [0.4, 0.5) is 5.69 Å². The molecule has 0 atom stereocenters. The van der Waals surface area contributed by atoms with Crippen molar-refractivity contribution in [3.8, 4) is 17.6 Å². The number of anilines is 1. The molecule has 1 amide bonds. The maximum atomic E-state index is 12.2. The second kappa shape index (κ2) is 6.93. The van der Waals surface area contributed by atoms with E-state index < -0.39 is 0 Å². The van der Waals surface area contributed by atoms with Crippen LogP contribution >= 0.6 is 11.3 Å². The lowest BCUT2D eigenvalue weighted by Gasteiger charge is -2.07. The number of methoxy groups -OCH3 is 1. The average molecular weight is 300 g/mol. The van der Waals surface area contributed by atoms with Crippen molar-refractivity contribution < 1.29 is 9.53 Å². The second-order valence-corrected chi connectivity index (χ2v) is 5.22. The summed E-state index contributed by atoms with van der Waals surface area (Å²) in [5.41, 5.74) is 7.98. The van der Waals surface area contributed by atoms with Crippen LogP contribution < -0.4 is 15.8 Å². The highest BCUT2D eigenvalue weighted by molar-refractivity contribution is 7.12. The Bertz CT molecular complexity index is 711. The Labute approximate surface area is 127 Å². The van der Waals surface area contributed by atoms with Crippen LogP contribution in [0.5, 0.6) is 5.75 Å². The number of carbonyl (C=O) groups excluding carboxylic acids is 1. The van der Waals surface area contributed by atoms with Gasteiger partial charge in [-0.3, -0.25) is 4.79 Å². The number of aryl methyl sites for hydroxylation is 1. The molecule has 0 saturated heterocycles. The number of thiophene rings is 1. The van der Waals surface area contributed by atoms with E-state index in [1.807, 2.05) is 30.5 Å². The third kappa shape index (κ3) is 3.63. The molecule has 0 aliphatic rings. The summed E-state index contributed by atoms with van der Waals surface area (Å²) in [4.78, 5) is 12.8. The zero-order valence-corrected chi connectivity index (χ0v) is 12.7. The molecule has 2 aromatic rings. The summed E-state index contributed by atoms with van der Waals surface area (Å²) >= 11 is 1.34. The molecule has 0 spiro atoms. The molecule has 0 unspecified atom stereocenters. The number of benzene rings is 1. The van der Waals surface area contributed by atoms with Gasteiger partial charge in [0.2, 0.25) is 0 Å². The van der Waals surface area contributed by atoms with Crippen molar-refractivity contribution >= 4 is 22.9 Å². The van der Waals surface area contributed by atoms with E-state index in [9.17, 15) is 4.79 Å². The lowest BCUT2D eigenvalue weighted by molar-refractivity contribution is 0.102. The molecule has 0 aliphatic heterocycles. The minimum absolute atomic E-state index is 0.191. The summed E-state index contributed by atoms with van der Waals surface area (Å²) < 4.78 is 5.15. The topological polar surface area (TPSA) is 64.3 Å². The lowest BCUT2D eigenvalue weighted by Crippen LogP contribution is -2.11. The van der Waals surface area contributed by atoms with E-state index in [4.69, 9.17) is 10.5 Å². The smallest absolute Gasteiger partial charge is 0.269 e. The molecule has 1 heterocycles. The number of hydrogen-bond acceptors (Lipinski definition) is 4. The molecule has 0 aliphatic carbocycles. The highest BCUT2D eigenvalue weighted by atomic mass is 32.1. The van der Waals surface area contributed by atoms with E-state index in [1.54, 1.807) is 13.2 Å². The summed E-state index contributed by atoms with van der Waals surface area (Å²) in [6.07, 6.45) is 0. The number of nitrogens with two attached hydrogens (primary N) is 1. The van der Waals surface area contributed by atoms with Crippen molar-refractivity contribution in [3.05, 3.63) is 45.6 Å². The first-order chi connectivity index (χ1) is 10.2. The fourth-order valence-electron chi connectivity index (χ4n) is 1.79. The summed E-state index contributed by atoms with van der Waals surface area (Å²) in [6, 6.07) is 7.38. The standard InChI is InChI=1S/C16H16N2O2S/c1-11-5-6-13(10-12(11)4-3-8-17)18-16(19)15-14(20-2)7-9-21-15/h5-7,9-10H,8,17H2,1-2H3,(H,18,19). The molecule has 0 bridgehead atoms. The Hall–Kier alpha value is -2.29. The van der Waals surface area contributed by atoms with Gasteiger partial charge in [-0.05, 0) is 36.1 Å². The Morgan fingerprint density at radius 1 is 1.43 bits per heavy atom. The number of hydrogen-bond donors (Lipinski definition) is 2. The van der Waals surface area contributed by atoms with Gasteiger partial charge in [-0.15, -0.1) is 11.3 Å². The first kappa shape index (κ1) is 15.1. The van der Waals surface area contributed by atoms with E-state index in [2.05, 4.69) is 17.2 Å². The first-order valence-electron chi connectivity index (χ1n) is 6.38. The van der Waals surface area contributed by atoms with Gasteiger partial charge in [-0.25, -0.2) is 0 Å². The van der Waals surface area contributed by atoms with Gasteiger partial charge >= 0.3 is 0 Å². The lowest BCUT2D eigenvalue weighted by atomic mass is 10.1. The van der Waals surface area contributed by atoms with Gasteiger partial charge in [-0.2, -0.15) is 0 Å². The van der Waals surface area contributed by atoms with Gasteiger partial charge in [0.05, 0.1) is 13.7 Å². The summed E-state index contributed by atoms with van der Waals surface area (Å²) in [5, 5.41) is 4.68.